The fraction of sp³-hybridized carbons (Fsp3) is 0.464. The zero-order chi connectivity index (χ0) is 26.9. The Balaban J connectivity index is 1.34. The van der Waals surface area contributed by atoms with Gasteiger partial charge in [0.1, 0.15) is 5.82 Å². The van der Waals surface area contributed by atoms with Crippen LogP contribution in [-0.4, -0.2) is 51.5 Å². The summed E-state index contributed by atoms with van der Waals surface area (Å²) in [6.45, 7) is 0.816. The Morgan fingerprint density at radius 2 is 1.84 bits per heavy atom. The highest BCUT2D eigenvalue weighted by Gasteiger charge is 2.48. The number of nitrogens with zero attached hydrogens (tertiary/aromatic N) is 3. The number of nitrogens with one attached hydrogen (secondary N) is 1. The SMILES string of the molecule is Cn1nc(C(=O)Nc2cc(F)c(CC(=O)C(F)(OC3CCCCC3)N3CCCC3)cc2Cl)c2ccccc21. The summed E-state index contributed by atoms with van der Waals surface area (Å²) >= 11 is 6.38. The fourth-order valence-electron chi connectivity index (χ4n) is 5.39. The zero-order valence-electron chi connectivity index (χ0n) is 21.3. The number of amides is 1. The van der Waals surface area contributed by atoms with Crippen LogP contribution in [0.25, 0.3) is 10.9 Å². The average Bonchev–Trinajstić information content (AvgIpc) is 3.57. The van der Waals surface area contributed by atoms with Gasteiger partial charge < -0.3 is 10.1 Å². The lowest BCUT2D eigenvalue weighted by Gasteiger charge is -2.37. The summed E-state index contributed by atoms with van der Waals surface area (Å²) in [5.74, 6) is -4.78. The van der Waals surface area contributed by atoms with E-state index in [9.17, 15) is 9.59 Å². The van der Waals surface area contributed by atoms with Crippen molar-refractivity contribution in [3.63, 3.8) is 0 Å². The van der Waals surface area contributed by atoms with Gasteiger partial charge >= 0.3 is 5.98 Å². The number of alkyl halides is 1. The van der Waals surface area contributed by atoms with Gasteiger partial charge in [-0.15, -0.1) is 0 Å². The Bertz CT molecular complexity index is 1350. The van der Waals surface area contributed by atoms with Crippen LogP contribution in [0.3, 0.4) is 0 Å². The van der Waals surface area contributed by atoms with Gasteiger partial charge in [0.15, 0.2) is 5.69 Å². The van der Waals surface area contributed by atoms with Gasteiger partial charge in [-0.05, 0) is 49.4 Å². The summed E-state index contributed by atoms with van der Waals surface area (Å²) in [5.41, 5.74) is 0.915. The van der Waals surface area contributed by atoms with E-state index in [1.54, 1.807) is 23.9 Å². The number of anilines is 1. The van der Waals surface area contributed by atoms with Crippen molar-refractivity contribution in [2.24, 2.45) is 7.05 Å². The maximum atomic E-state index is 16.3. The number of para-hydroxylation sites is 1. The highest BCUT2D eigenvalue weighted by Crippen LogP contribution is 2.34. The molecule has 1 aliphatic carbocycles. The molecule has 0 bridgehead atoms. The van der Waals surface area contributed by atoms with E-state index in [0.717, 1.165) is 43.7 Å². The lowest BCUT2D eigenvalue weighted by atomic mass is 9.97. The van der Waals surface area contributed by atoms with Gasteiger partial charge in [0.25, 0.3) is 5.91 Å². The van der Waals surface area contributed by atoms with Crippen molar-refractivity contribution in [3.05, 3.63) is 58.5 Å². The van der Waals surface area contributed by atoms with Gasteiger partial charge in [0.05, 0.1) is 22.3 Å². The van der Waals surface area contributed by atoms with Crippen LogP contribution in [0.15, 0.2) is 36.4 Å². The molecule has 1 aliphatic heterocycles. The minimum atomic E-state index is -2.61. The van der Waals surface area contributed by atoms with E-state index in [0.29, 0.717) is 31.3 Å². The summed E-state index contributed by atoms with van der Waals surface area (Å²) in [4.78, 5) is 27.7. The molecule has 2 aliphatic rings. The number of hydrogen-bond donors (Lipinski definition) is 1. The number of carbonyl (C=O) groups excluding carboxylic acids is 2. The molecule has 1 unspecified atom stereocenters. The predicted octanol–water partition coefficient (Wildman–Crippen LogP) is 5.80. The Morgan fingerprint density at radius 1 is 1.13 bits per heavy atom. The zero-order valence-corrected chi connectivity index (χ0v) is 22.1. The van der Waals surface area contributed by atoms with E-state index in [4.69, 9.17) is 16.3 Å². The number of ketones is 1. The largest absolute Gasteiger partial charge is 0.330 e. The molecular weight excluding hydrogens is 514 g/mol. The summed E-state index contributed by atoms with van der Waals surface area (Å²) < 4.78 is 38.9. The second kappa shape index (κ2) is 11.1. The molecule has 1 aromatic heterocycles. The monoisotopic (exact) mass is 544 g/mol. The third kappa shape index (κ3) is 5.32. The predicted molar refractivity (Wildman–Crippen MR) is 141 cm³/mol. The normalized spacial score (nSPS) is 18.5. The third-order valence-corrected chi connectivity index (χ3v) is 7.75. The van der Waals surface area contributed by atoms with E-state index in [2.05, 4.69) is 10.4 Å². The molecule has 0 spiro atoms. The molecule has 5 rings (SSSR count). The first-order valence-electron chi connectivity index (χ1n) is 13.1. The first-order valence-corrected chi connectivity index (χ1v) is 13.5. The lowest BCUT2D eigenvalue weighted by molar-refractivity contribution is -0.251. The smallest absolute Gasteiger partial charge is 0.324 e. The molecule has 2 fully saturated rings. The Kier molecular flexibility index (Phi) is 7.79. The number of hydrogen-bond acceptors (Lipinski definition) is 5. The maximum Gasteiger partial charge on any atom is 0.330 e. The van der Waals surface area contributed by atoms with Crippen LogP contribution in [0.1, 0.15) is 61.0 Å². The van der Waals surface area contributed by atoms with E-state index < -0.39 is 29.9 Å². The first kappa shape index (κ1) is 26.7. The summed E-state index contributed by atoms with van der Waals surface area (Å²) in [6, 6.07) is 9.55. The molecule has 1 amide bonds. The van der Waals surface area contributed by atoms with Crippen molar-refractivity contribution in [2.45, 2.75) is 63.4 Å². The second-order valence-electron chi connectivity index (χ2n) is 10.1. The molecular formula is C28H31ClF2N4O3. The number of carbonyl (C=O) groups is 2. The van der Waals surface area contributed by atoms with Crippen LogP contribution >= 0.6 is 11.6 Å². The molecule has 1 N–H and O–H groups in total. The quantitative estimate of drug-likeness (QED) is 0.363. The Labute approximate surface area is 225 Å². The van der Waals surface area contributed by atoms with Crippen LogP contribution in [0.5, 0.6) is 0 Å². The molecule has 38 heavy (non-hydrogen) atoms. The van der Waals surface area contributed by atoms with Crippen molar-refractivity contribution >= 4 is 39.9 Å². The van der Waals surface area contributed by atoms with Crippen molar-refractivity contribution in [1.82, 2.24) is 14.7 Å². The van der Waals surface area contributed by atoms with Crippen LogP contribution in [0.2, 0.25) is 5.02 Å². The van der Waals surface area contributed by atoms with Gasteiger partial charge in [-0.2, -0.15) is 9.49 Å². The Hall–Kier alpha value is -2.88. The molecule has 0 radical (unpaired) electrons. The third-order valence-electron chi connectivity index (χ3n) is 7.44. The molecule has 1 saturated heterocycles. The lowest BCUT2D eigenvalue weighted by Crippen LogP contribution is -2.54. The van der Waals surface area contributed by atoms with Crippen LogP contribution in [0, 0.1) is 5.82 Å². The molecule has 202 valence electrons. The van der Waals surface area contributed by atoms with Crippen LogP contribution in [0.4, 0.5) is 14.5 Å². The molecule has 7 nitrogen and oxygen atoms in total. The van der Waals surface area contributed by atoms with E-state index in [1.165, 1.54) is 11.0 Å². The van der Waals surface area contributed by atoms with Crippen LogP contribution in [-0.2, 0) is 23.0 Å². The van der Waals surface area contributed by atoms with Crippen molar-refractivity contribution in [2.75, 3.05) is 18.4 Å². The van der Waals surface area contributed by atoms with Crippen LogP contribution < -0.4 is 5.32 Å². The molecule has 1 atom stereocenters. The van der Waals surface area contributed by atoms with E-state index >= 15 is 8.78 Å². The minimum absolute atomic E-state index is 0.0293. The molecule has 2 aromatic carbocycles. The van der Waals surface area contributed by atoms with E-state index in [-0.39, 0.29) is 28.1 Å². The molecule has 3 aromatic rings. The maximum absolute atomic E-state index is 16.3. The fourth-order valence-corrected chi connectivity index (χ4v) is 5.62. The van der Waals surface area contributed by atoms with Gasteiger partial charge in [0, 0.05) is 31.9 Å². The van der Waals surface area contributed by atoms with Gasteiger partial charge in [0.2, 0.25) is 5.78 Å². The number of likely N-dealkylation sites (tertiary alicyclic amines) is 1. The number of halogens is 3. The molecule has 10 heteroatoms. The number of aromatic nitrogens is 2. The number of rotatable bonds is 8. The number of ether oxygens (including phenoxy) is 1. The highest BCUT2D eigenvalue weighted by molar-refractivity contribution is 6.34. The number of benzene rings is 2. The standard InChI is InChI=1S/C28H31ClF2N4O3/c1-34-24-12-6-5-11-20(24)26(33-34)27(37)32-23-17-22(30)18(15-21(23)29)16-25(36)28(31,35-13-7-8-14-35)38-19-9-3-2-4-10-19/h5-6,11-12,15,17,19H,2-4,7-10,13-14,16H2,1H3,(H,32,37). The van der Waals surface area contributed by atoms with E-state index in [1.807, 2.05) is 12.1 Å². The summed E-state index contributed by atoms with van der Waals surface area (Å²) in [6.07, 6.45) is 5.01. The molecule has 2 heterocycles. The second-order valence-corrected chi connectivity index (χ2v) is 10.5. The van der Waals surface area contributed by atoms with Crippen molar-refractivity contribution in [1.29, 1.82) is 0 Å². The van der Waals surface area contributed by atoms with Crippen molar-refractivity contribution in [3.8, 4) is 0 Å². The highest BCUT2D eigenvalue weighted by atomic mass is 35.5. The van der Waals surface area contributed by atoms with Gasteiger partial charge in [-0.3, -0.25) is 14.3 Å². The number of Topliss-reactive ketones (excluding diaryl/α,β-unsaturated/α-hetero) is 1. The first-order chi connectivity index (χ1) is 18.3. The summed E-state index contributed by atoms with van der Waals surface area (Å²) in [5, 5.41) is 7.55. The van der Waals surface area contributed by atoms with Gasteiger partial charge in [-0.1, -0.05) is 49.1 Å². The van der Waals surface area contributed by atoms with Crippen molar-refractivity contribution < 1.29 is 23.1 Å². The minimum Gasteiger partial charge on any atom is -0.324 e. The van der Waals surface area contributed by atoms with Gasteiger partial charge in [-0.25, -0.2) is 9.29 Å². The number of aryl methyl sites for hydroxylation is 1. The summed E-state index contributed by atoms with van der Waals surface area (Å²) in [7, 11) is 1.72. The molecule has 1 saturated carbocycles. The number of fused-ring (bicyclic) bond motifs is 1. The average molecular weight is 545 g/mol. The Morgan fingerprint density at radius 3 is 2.58 bits per heavy atom. The topological polar surface area (TPSA) is 76.5 Å².